The van der Waals surface area contributed by atoms with Crippen LogP contribution in [-0.4, -0.2) is 19.5 Å². The van der Waals surface area contributed by atoms with Gasteiger partial charge in [0, 0.05) is 49.8 Å². The molecule has 5 heteroatoms. The summed E-state index contributed by atoms with van der Waals surface area (Å²) in [6.45, 7) is 0. The first-order valence-corrected chi connectivity index (χ1v) is 21.4. The first-order chi connectivity index (χ1) is 31.3. The minimum absolute atomic E-state index is 0.559. The number of para-hydroxylation sites is 3. The molecule has 0 amide bonds. The van der Waals surface area contributed by atoms with Gasteiger partial charge in [0.25, 0.3) is 0 Å². The molecule has 0 saturated heterocycles. The van der Waals surface area contributed by atoms with Gasteiger partial charge >= 0.3 is 0 Å². The summed E-state index contributed by atoms with van der Waals surface area (Å²) in [6, 6.07) is 77.2. The van der Waals surface area contributed by atoms with E-state index in [1.54, 1.807) is 0 Å². The molecule has 11 aromatic rings. The minimum atomic E-state index is -0.559. The number of fused-ring (bicyclic) bond motifs is 13. The van der Waals surface area contributed by atoms with Gasteiger partial charge in [-0.2, -0.15) is 0 Å². The fourth-order valence-corrected chi connectivity index (χ4v) is 10.3. The van der Waals surface area contributed by atoms with Crippen LogP contribution in [0.1, 0.15) is 22.3 Å². The average molecular weight is 805 g/mol. The molecule has 13 rings (SSSR count). The van der Waals surface area contributed by atoms with Crippen molar-refractivity contribution >= 4 is 21.8 Å². The van der Waals surface area contributed by atoms with E-state index in [1.165, 1.54) is 38.5 Å². The Hall–Kier alpha value is -8.41. The standard InChI is InChI=1S/C58H36N4O/c1-3-17-38(18-4-1)55-59-56(39-19-5-2-6-20-39)61-57(60-55)44-23-8-7-21-41(44)37-31-33-40(34-32-37)62-50-28-14-10-22-42(50)43-35-36-49-53(54(43)62)45-24-9-11-25-46(45)58(49)47-26-12-15-29-51(47)63-52-30-16-13-27-48(52)58/h1-36H. The monoisotopic (exact) mass is 804 g/mol. The SMILES string of the molecule is c1ccc(-c2nc(-c3ccccc3)nc(-c3ccccc3-c3ccc(-n4c5ccccc5c5ccc6c(c54)-c4ccccc4C64c5ccccc5Oc5ccccc54)cc3)n2)cc1. The van der Waals surface area contributed by atoms with Crippen LogP contribution in [0.3, 0.4) is 0 Å². The van der Waals surface area contributed by atoms with Crippen molar-refractivity contribution < 1.29 is 4.74 Å². The van der Waals surface area contributed by atoms with Crippen LogP contribution in [-0.2, 0) is 5.41 Å². The van der Waals surface area contributed by atoms with Gasteiger partial charge in [0.2, 0.25) is 0 Å². The van der Waals surface area contributed by atoms with Crippen LogP contribution < -0.4 is 4.74 Å². The van der Waals surface area contributed by atoms with Crippen molar-refractivity contribution in [2.75, 3.05) is 0 Å². The molecule has 0 radical (unpaired) electrons. The maximum atomic E-state index is 6.64. The van der Waals surface area contributed by atoms with E-state index in [-0.39, 0.29) is 0 Å². The number of ether oxygens (including phenoxy) is 1. The summed E-state index contributed by atoms with van der Waals surface area (Å²) in [4.78, 5) is 15.1. The van der Waals surface area contributed by atoms with Crippen molar-refractivity contribution in [3.8, 4) is 73.6 Å². The molecule has 0 N–H and O–H groups in total. The van der Waals surface area contributed by atoms with Crippen LogP contribution in [0.2, 0.25) is 0 Å². The summed E-state index contributed by atoms with van der Waals surface area (Å²) < 4.78 is 9.11. The lowest BCUT2D eigenvalue weighted by Gasteiger charge is -2.39. The van der Waals surface area contributed by atoms with Crippen LogP contribution in [0.4, 0.5) is 0 Å². The minimum Gasteiger partial charge on any atom is -0.457 e. The normalized spacial score (nSPS) is 13.0. The van der Waals surface area contributed by atoms with Crippen molar-refractivity contribution in [3.05, 3.63) is 241 Å². The Balaban J connectivity index is 1.01. The summed E-state index contributed by atoms with van der Waals surface area (Å²) >= 11 is 0. The van der Waals surface area contributed by atoms with E-state index in [4.69, 9.17) is 19.7 Å². The molecule has 1 aliphatic carbocycles. The molecule has 1 aliphatic heterocycles. The summed E-state index contributed by atoms with van der Waals surface area (Å²) in [7, 11) is 0. The third kappa shape index (κ3) is 5.20. The Morgan fingerprint density at radius 2 is 0.873 bits per heavy atom. The molecule has 2 aromatic heterocycles. The van der Waals surface area contributed by atoms with Gasteiger partial charge in [0.15, 0.2) is 17.5 Å². The largest absolute Gasteiger partial charge is 0.457 e. The molecule has 3 heterocycles. The lowest BCUT2D eigenvalue weighted by Crippen LogP contribution is -2.32. The number of hydrogen-bond donors (Lipinski definition) is 0. The smallest absolute Gasteiger partial charge is 0.164 e. The zero-order valence-electron chi connectivity index (χ0n) is 34.0. The molecule has 5 nitrogen and oxygen atoms in total. The van der Waals surface area contributed by atoms with E-state index in [9.17, 15) is 0 Å². The fraction of sp³-hybridized carbons (Fsp3) is 0.0172. The highest BCUT2D eigenvalue weighted by atomic mass is 16.5. The number of hydrogen-bond acceptors (Lipinski definition) is 4. The van der Waals surface area contributed by atoms with E-state index in [2.05, 4.69) is 162 Å². The zero-order chi connectivity index (χ0) is 41.5. The molecule has 0 bridgehead atoms. The predicted molar refractivity (Wildman–Crippen MR) is 253 cm³/mol. The number of benzene rings is 9. The molecule has 0 fully saturated rings. The second-order valence-electron chi connectivity index (χ2n) is 16.3. The lowest BCUT2D eigenvalue weighted by atomic mass is 9.66. The van der Waals surface area contributed by atoms with E-state index >= 15 is 0 Å². The van der Waals surface area contributed by atoms with Gasteiger partial charge < -0.3 is 9.30 Å². The van der Waals surface area contributed by atoms with Gasteiger partial charge in [-0.1, -0.05) is 188 Å². The van der Waals surface area contributed by atoms with Crippen molar-refractivity contribution in [2.24, 2.45) is 0 Å². The Morgan fingerprint density at radius 3 is 1.54 bits per heavy atom. The first-order valence-electron chi connectivity index (χ1n) is 21.4. The van der Waals surface area contributed by atoms with Crippen molar-refractivity contribution in [2.45, 2.75) is 5.41 Å². The highest BCUT2D eigenvalue weighted by Crippen LogP contribution is 2.63. The molecular formula is C58H36N4O. The Kier molecular flexibility index (Phi) is 7.75. The summed E-state index contributed by atoms with van der Waals surface area (Å²) in [6.07, 6.45) is 0. The van der Waals surface area contributed by atoms with Crippen molar-refractivity contribution in [1.29, 1.82) is 0 Å². The van der Waals surface area contributed by atoms with Crippen LogP contribution >= 0.6 is 0 Å². The second-order valence-corrected chi connectivity index (χ2v) is 16.3. The topological polar surface area (TPSA) is 52.8 Å². The Morgan fingerprint density at radius 1 is 0.349 bits per heavy atom. The quantitative estimate of drug-likeness (QED) is 0.174. The first kappa shape index (κ1) is 35.4. The van der Waals surface area contributed by atoms with E-state index in [1.807, 2.05) is 60.7 Å². The zero-order valence-corrected chi connectivity index (χ0v) is 34.0. The molecule has 0 atom stereocenters. The lowest BCUT2D eigenvalue weighted by molar-refractivity contribution is 0.436. The van der Waals surface area contributed by atoms with Gasteiger partial charge in [-0.3, -0.25) is 0 Å². The molecule has 63 heavy (non-hydrogen) atoms. The summed E-state index contributed by atoms with van der Waals surface area (Å²) in [5, 5.41) is 2.44. The van der Waals surface area contributed by atoms with Gasteiger partial charge in [-0.15, -0.1) is 0 Å². The van der Waals surface area contributed by atoms with Gasteiger partial charge in [-0.05, 0) is 58.1 Å². The average Bonchev–Trinajstić information content (AvgIpc) is 3.85. The summed E-state index contributed by atoms with van der Waals surface area (Å²) in [5.74, 6) is 3.68. The number of aromatic nitrogens is 4. The van der Waals surface area contributed by atoms with Crippen LogP contribution in [0.15, 0.2) is 218 Å². The highest BCUT2D eigenvalue weighted by Gasteiger charge is 2.51. The molecule has 9 aromatic carbocycles. The van der Waals surface area contributed by atoms with E-state index in [0.717, 1.165) is 61.6 Å². The maximum Gasteiger partial charge on any atom is 0.164 e. The Labute approximate surface area is 364 Å². The van der Waals surface area contributed by atoms with Crippen LogP contribution in [0, 0.1) is 0 Å². The second kappa shape index (κ2) is 13.8. The molecule has 294 valence electrons. The Bertz CT molecular complexity index is 3490. The van der Waals surface area contributed by atoms with Gasteiger partial charge in [0.05, 0.1) is 16.4 Å². The summed E-state index contributed by atoms with van der Waals surface area (Å²) in [5.41, 5.74) is 15.1. The predicted octanol–water partition coefficient (Wildman–Crippen LogP) is 14.1. The van der Waals surface area contributed by atoms with Crippen molar-refractivity contribution in [3.63, 3.8) is 0 Å². The third-order valence-electron chi connectivity index (χ3n) is 12.9. The number of nitrogens with zero attached hydrogens (tertiary/aromatic N) is 4. The molecule has 0 saturated carbocycles. The molecule has 2 aliphatic rings. The number of rotatable bonds is 5. The van der Waals surface area contributed by atoms with Gasteiger partial charge in [-0.25, -0.2) is 15.0 Å². The molecular weight excluding hydrogens is 769 g/mol. The third-order valence-corrected chi connectivity index (χ3v) is 12.9. The van der Waals surface area contributed by atoms with Gasteiger partial charge in [0.1, 0.15) is 11.5 Å². The highest BCUT2D eigenvalue weighted by molar-refractivity contribution is 6.16. The fourth-order valence-electron chi connectivity index (χ4n) is 10.3. The van der Waals surface area contributed by atoms with E-state index < -0.39 is 5.41 Å². The van der Waals surface area contributed by atoms with Crippen LogP contribution in [0.25, 0.3) is 83.9 Å². The molecule has 0 unspecified atom stereocenters. The maximum absolute atomic E-state index is 6.64. The van der Waals surface area contributed by atoms with Crippen molar-refractivity contribution in [1.82, 2.24) is 19.5 Å². The molecule has 1 spiro atoms. The van der Waals surface area contributed by atoms with E-state index in [0.29, 0.717) is 17.5 Å². The van der Waals surface area contributed by atoms with Crippen LogP contribution in [0.5, 0.6) is 11.5 Å².